The molecule has 1 N–H and O–H groups in total. The summed E-state index contributed by atoms with van der Waals surface area (Å²) in [6.45, 7) is 3.88. The van der Waals surface area contributed by atoms with Crippen LogP contribution in [0.4, 0.5) is 5.69 Å². The number of carbonyl (C=O) groups is 1. The van der Waals surface area contributed by atoms with E-state index >= 15 is 0 Å². The summed E-state index contributed by atoms with van der Waals surface area (Å²) >= 11 is 5.88. The van der Waals surface area contributed by atoms with Gasteiger partial charge in [0.15, 0.2) is 0 Å². The third-order valence-electron chi connectivity index (χ3n) is 4.88. The lowest BCUT2D eigenvalue weighted by Gasteiger charge is -2.12. The number of carbonyl (C=O) groups excluding carboxylic acids is 1. The van der Waals surface area contributed by atoms with Gasteiger partial charge in [0.05, 0.1) is 17.2 Å². The summed E-state index contributed by atoms with van der Waals surface area (Å²) < 4.78 is 39.8. The zero-order chi connectivity index (χ0) is 22.2. The summed E-state index contributed by atoms with van der Waals surface area (Å²) in [6, 6.07) is 14.7. The number of esters is 1. The van der Waals surface area contributed by atoms with Crippen molar-refractivity contribution in [3.05, 3.63) is 70.9 Å². The van der Waals surface area contributed by atoms with E-state index in [1.807, 2.05) is 19.1 Å². The van der Waals surface area contributed by atoms with Gasteiger partial charge in [-0.25, -0.2) is 13.2 Å². The molecule has 3 aromatic carbocycles. The van der Waals surface area contributed by atoms with Crippen LogP contribution in [0.25, 0.3) is 21.7 Å². The van der Waals surface area contributed by atoms with Crippen molar-refractivity contribution < 1.29 is 22.4 Å². The van der Waals surface area contributed by atoms with Gasteiger partial charge in [-0.3, -0.25) is 4.72 Å². The lowest BCUT2D eigenvalue weighted by molar-refractivity contribution is 0.0505. The zero-order valence-electron chi connectivity index (χ0n) is 16.9. The van der Waals surface area contributed by atoms with Gasteiger partial charge in [-0.1, -0.05) is 42.8 Å². The minimum absolute atomic E-state index is 0.0760. The molecule has 0 saturated heterocycles. The van der Waals surface area contributed by atoms with Gasteiger partial charge in [-0.15, -0.1) is 0 Å². The average Bonchev–Trinajstić information content (AvgIpc) is 3.08. The number of fused-ring (bicyclic) bond motifs is 3. The van der Waals surface area contributed by atoms with Crippen molar-refractivity contribution in [1.29, 1.82) is 0 Å². The number of hydrogen-bond acceptors (Lipinski definition) is 5. The molecular weight excluding hydrogens is 438 g/mol. The number of ether oxygens (including phenoxy) is 1. The molecule has 0 unspecified atom stereocenters. The van der Waals surface area contributed by atoms with Crippen LogP contribution in [0.15, 0.2) is 63.9 Å². The largest absolute Gasteiger partial charge is 0.462 e. The maximum Gasteiger partial charge on any atom is 0.342 e. The van der Waals surface area contributed by atoms with Crippen molar-refractivity contribution in [3.8, 4) is 0 Å². The normalized spacial score (nSPS) is 11.7. The molecule has 0 aliphatic heterocycles. The Kier molecular flexibility index (Phi) is 5.64. The van der Waals surface area contributed by atoms with Gasteiger partial charge >= 0.3 is 5.97 Å². The molecule has 31 heavy (non-hydrogen) atoms. The van der Waals surface area contributed by atoms with Crippen LogP contribution in [-0.2, 0) is 14.8 Å². The fraction of sp³-hybridized carbons (Fsp3) is 0.174. The monoisotopic (exact) mass is 457 g/mol. The Morgan fingerprint density at radius 2 is 1.74 bits per heavy atom. The van der Waals surface area contributed by atoms with Gasteiger partial charge in [-0.2, -0.15) is 0 Å². The van der Waals surface area contributed by atoms with Crippen molar-refractivity contribution in [2.45, 2.75) is 25.2 Å². The van der Waals surface area contributed by atoms with Gasteiger partial charge < -0.3 is 9.15 Å². The summed E-state index contributed by atoms with van der Waals surface area (Å²) in [5, 5.41) is 2.27. The molecule has 0 amide bonds. The summed E-state index contributed by atoms with van der Waals surface area (Å²) in [5.74, 6) is -0.0844. The first kappa shape index (κ1) is 21.2. The highest BCUT2D eigenvalue weighted by atomic mass is 35.5. The fourth-order valence-corrected chi connectivity index (χ4v) is 4.66. The van der Waals surface area contributed by atoms with Gasteiger partial charge in [0.25, 0.3) is 10.0 Å². The molecule has 8 heteroatoms. The molecule has 4 aromatic rings. The maximum absolute atomic E-state index is 13.0. The molecule has 0 radical (unpaired) electrons. The Hall–Kier alpha value is -3.03. The third kappa shape index (κ3) is 3.98. The smallest absolute Gasteiger partial charge is 0.342 e. The number of sulfonamides is 1. The first-order valence-electron chi connectivity index (χ1n) is 9.72. The highest BCUT2D eigenvalue weighted by Gasteiger charge is 2.24. The number of rotatable bonds is 6. The van der Waals surface area contributed by atoms with Crippen LogP contribution >= 0.6 is 11.6 Å². The molecule has 0 spiro atoms. The molecule has 4 rings (SSSR count). The summed E-state index contributed by atoms with van der Waals surface area (Å²) in [7, 11) is -3.89. The summed E-state index contributed by atoms with van der Waals surface area (Å²) in [4.78, 5) is 12.7. The van der Waals surface area contributed by atoms with Crippen LogP contribution in [0.3, 0.4) is 0 Å². The van der Waals surface area contributed by atoms with Crippen LogP contribution in [0, 0.1) is 6.92 Å². The van der Waals surface area contributed by atoms with Crippen molar-refractivity contribution in [1.82, 2.24) is 0 Å². The molecule has 6 nitrogen and oxygen atoms in total. The third-order valence-corrected chi connectivity index (χ3v) is 6.51. The second kappa shape index (κ2) is 8.24. The van der Waals surface area contributed by atoms with E-state index in [0.29, 0.717) is 50.2 Å². The first-order valence-corrected chi connectivity index (χ1v) is 11.6. The van der Waals surface area contributed by atoms with Crippen LogP contribution in [0.2, 0.25) is 5.02 Å². The van der Waals surface area contributed by atoms with Crippen molar-refractivity contribution in [3.63, 3.8) is 0 Å². The Morgan fingerprint density at radius 1 is 1.06 bits per heavy atom. The Bertz CT molecular complexity index is 1390. The van der Waals surface area contributed by atoms with Gasteiger partial charge in [0.1, 0.15) is 16.9 Å². The van der Waals surface area contributed by atoms with E-state index in [9.17, 15) is 13.2 Å². The SMILES string of the molecule is CCCOC(=O)c1c(C)oc2c1cc(NS(=O)(=O)c1ccc(Cl)cc1)c1ccccc12. The van der Waals surface area contributed by atoms with E-state index < -0.39 is 16.0 Å². The lowest BCUT2D eigenvalue weighted by Crippen LogP contribution is -2.13. The van der Waals surface area contributed by atoms with Gasteiger partial charge in [0, 0.05) is 21.2 Å². The second-order valence-corrected chi connectivity index (χ2v) is 9.19. The Morgan fingerprint density at radius 3 is 2.42 bits per heavy atom. The number of furan rings is 1. The van der Waals surface area contributed by atoms with Crippen molar-refractivity contribution >= 4 is 55.0 Å². The number of anilines is 1. The molecule has 0 fully saturated rings. The highest BCUT2D eigenvalue weighted by Crippen LogP contribution is 2.37. The molecule has 1 heterocycles. The Balaban J connectivity index is 1.90. The van der Waals surface area contributed by atoms with E-state index in [1.165, 1.54) is 24.3 Å². The quantitative estimate of drug-likeness (QED) is 0.363. The molecule has 0 aliphatic carbocycles. The second-order valence-electron chi connectivity index (χ2n) is 7.07. The highest BCUT2D eigenvalue weighted by molar-refractivity contribution is 7.92. The van der Waals surface area contributed by atoms with Crippen molar-refractivity contribution in [2.75, 3.05) is 11.3 Å². The zero-order valence-corrected chi connectivity index (χ0v) is 18.5. The topological polar surface area (TPSA) is 85.6 Å². The Labute approximate surface area is 184 Å². The number of benzene rings is 3. The van der Waals surface area contributed by atoms with Gasteiger partial charge in [0.2, 0.25) is 0 Å². The van der Waals surface area contributed by atoms with Gasteiger partial charge in [-0.05, 0) is 43.7 Å². The fourth-order valence-electron chi connectivity index (χ4n) is 3.46. The maximum atomic E-state index is 13.0. The summed E-state index contributed by atoms with van der Waals surface area (Å²) in [5.41, 5.74) is 1.13. The molecule has 0 aliphatic rings. The molecule has 160 valence electrons. The number of hydrogen-bond donors (Lipinski definition) is 1. The minimum Gasteiger partial charge on any atom is -0.462 e. The molecule has 0 atom stereocenters. The predicted molar refractivity (Wildman–Crippen MR) is 121 cm³/mol. The van der Waals surface area contributed by atoms with E-state index in [0.717, 1.165) is 0 Å². The molecular formula is C23H20ClNO5S. The van der Waals surface area contributed by atoms with E-state index in [-0.39, 0.29) is 11.5 Å². The minimum atomic E-state index is -3.89. The first-order chi connectivity index (χ1) is 14.8. The number of halogens is 1. The summed E-state index contributed by atoms with van der Waals surface area (Å²) in [6.07, 6.45) is 0.690. The predicted octanol–water partition coefficient (Wildman–Crippen LogP) is 5.92. The number of nitrogens with one attached hydrogen (secondary N) is 1. The van der Waals surface area contributed by atoms with E-state index in [2.05, 4.69) is 4.72 Å². The number of aryl methyl sites for hydroxylation is 1. The standard InChI is InChI=1S/C23H20ClNO5S/c1-3-12-29-23(26)21-14(2)30-22-18-7-5-4-6-17(18)20(13-19(21)22)25-31(27,28)16-10-8-15(24)9-11-16/h4-11,13,25H,3,12H2,1-2H3. The van der Waals surface area contributed by atoms with Crippen LogP contribution in [0.1, 0.15) is 29.5 Å². The van der Waals surface area contributed by atoms with E-state index in [1.54, 1.807) is 25.1 Å². The molecule has 0 bridgehead atoms. The van der Waals surface area contributed by atoms with Crippen LogP contribution < -0.4 is 4.72 Å². The van der Waals surface area contributed by atoms with Crippen LogP contribution in [-0.4, -0.2) is 21.0 Å². The lowest BCUT2D eigenvalue weighted by atomic mass is 10.0. The molecule has 0 saturated carbocycles. The van der Waals surface area contributed by atoms with E-state index in [4.69, 9.17) is 20.8 Å². The molecule has 1 aromatic heterocycles. The van der Waals surface area contributed by atoms with Crippen molar-refractivity contribution in [2.24, 2.45) is 0 Å². The average molecular weight is 458 g/mol. The van der Waals surface area contributed by atoms with Crippen LogP contribution in [0.5, 0.6) is 0 Å².